The number of rotatable bonds is 5. The van der Waals surface area contributed by atoms with Crippen molar-refractivity contribution in [2.75, 3.05) is 23.3 Å². The van der Waals surface area contributed by atoms with Crippen LogP contribution in [0.25, 0.3) is 21.9 Å². The van der Waals surface area contributed by atoms with Gasteiger partial charge in [0.05, 0.1) is 17.4 Å². The monoisotopic (exact) mass is 387 g/mol. The van der Waals surface area contributed by atoms with Gasteiger partial charge in [0.15, 0.2) is 0 Å². The van der Waals surface area contributed by atoms with Gasteiger partial charge in [-0.2, -0.15) is 0 Å². The van der Waals surface area contributed by atoms with Crippen molar-refractivity contribution in [3.05, 3.63) is 76.8 Å². The van der Waals surface area contributed by atoms with Crippen LogP contribution in [0, 0.1) is 0 Å². The lowest BCUT2D eigenvalue weighted by Crippen LogP contribution is -2.22. The summed E-state index contributed by atoms with van der Waals surface area (Å²) in [6.45, 7) is 5.84. The number of hydrogen-bond acceptors (Lipinski definition) is 5. The minimum Gasteiger partial charge on any atom is -0.422 e. The fourth-order valence-electron chi connectivity index (χ4n) is 3.38. The molecule has 4 aromatic rings. The van der Waals surface area contributed by atoms with E-state index in [4.69, 9.17) is 4.42 Å². The third-order valence-corrected chi connectivity index (χ3v) is 4.94. The molecule has 0 saturated carbocycles. The summed E-state index contributed by atoms with van der Waals surface area (Å²) in [6, 6.07) is 16.7. The number of carbonyl (C=O) groups excluding carboxylic acids is 1. The second-order valence-corrected chi connectivity index (χ2v) is 6.71. The first kappa shape index (κ1) is 18.7. The average Bonchev–Trinajstić information content (AvgIpc) is 2.74. The lowest BCUT2D eigenvalue weighted by molar-refractivity contribution is 0.102. The summed E-state index contributed by atoms with van der Waals surface area (Å²) in [6.07, 6.45) is 1.57. The largest absolute Gasteiger partial charge is 0.422 e. The molecule has 0 radical (unpaired) electrons. The van der Waals surface area contributed by atoms with Crippen molar-refractivity contribution in [3.63, 3.8) is 0 Å². The minimum absolute atomic E-state index is 0.0405. The highest BCUT2D eigenvalue weighted by Crippen LogP contribution is 2.22. The van der Waals surface area contributed by atoms with Gasteiger partial charge in [-0.15, -0.1) is 0 Å². The molecular weight excluding hydrogens is 366 g/mol. The van der Waals surface area contributed by atoms with Gasteiger partial charge in [-0.1, -0.05) is 18.2 Å². The molecule has 2 aromatic heterocycles. The molecule has 0 aliphatic rings. The van der Waals surface area contributed by atoms with Crippen LogP contribution in [0.1, 0.15) is 24.2 Å². The Labute approximate surface area is 167 Å². The Morgan fingerprint density at radius 1 is 1.03 bits per heavy atom. The first-order valence-corrected chi connectivity index (χ1v) is 9.58. The summed E-state index contributed by atoms with van der Waals surface area (Å²) in [4.78, 5) is 31.6. The normalized spacial score (nSPS) is 11.0. The van der Waals surface area contributed by atoms with Gasteiger partial charge in [-0.25, -0.2) is 4.79 Å². The quantitative estimate of drug-likeness (QED) is 0.513. The van der Waals surface area contributed by atoms with Gasteiger partial charge in [-0.05, 0) is 44.2 Å². The molecule has 0 unspecified atom stereocenters. The highest BCUT2D eigenvalue weighted by molar-refractivity contribution is 6.06. The van der Waals surface area contributed by atoms with Crippen molar-refractivity contribution >= 4 is 39.2 Å². The fourth-order valence-corrected chi connectivity index (χ4v) is 3.38. The number of nitrogens with zero attached hydrogens (tertiary/aromatic N) is 2. The van der Waals surface area contributed by atoms with Crippen LogP contribution < -0.4 is 15.8 Å². The van der Waals surface area contributed by atoms with E-state index in [1.54, 1.807) is 12.3 Å². The van der Waals surface area contributed by atoms with Crippen LogP contribution in [0.15, 0.2) is 70.0 Å². The number of amides is 1. The second kappa shape index (κ2) is 7.75. The zero-order valence-corrected chi connectivity index (χ0v) is 16.3. The lowest BCUT2D eigenvalue weighted by atomic mass is 10.1. The van der Waals surface area contributed by atoms with Gasteiger partial charge in [0.1, 0.15) is 11.1 Å². The predicted molar refractivity (Wildman–Crippen MR) is 116 cm³/mol. The van der Waals surface area contributed by atoms with Crippen LogP contribution in [0.4, 0.5) is 11.4 Å². The van der Waals surface area contributed by atoms with Crippen LogP contribution in [0.5, 0.6) is 0 Å². The number of pyridine rings is 1. The first-order valence-electron chi connectivity index (χ1n) is 9.58. The minimum atomic E-state index is -0.666. The molecule has 0 aliphatic heterocycles. The SMILES string of the molecule is CCN(CC)c1ccc2cc(C(=O)Nc3cnc4ccccc4c3)c(=O)oc2c1. The number of hydrogen-bond donors (Lipinski definition) is 1. The third kappa shape index (κ3) is 3.69. The van der Waals surface area contributed by atoms with Crippen molar-refractivity contribution in [2.24, 2.45) is 0 Å². The maximum absolute atomic E-state index is 12.7. The fraction of sp³-hybridized carbons (Fsp3) is 0.174. The molecule has 0 fully saturated rings. The zero-order valence-electron chi connectivity index (χ0n) is 16.3. The highest BCUT2D eigenvalue weighted by atomic mass is 16.4. The van der Waals surface area contributed by atoms with Crippen LogP contribution in [-0.4, -0.2) is 24.0 Å². The number of nitrogens with one attached hydrogen (secondary N) is 1. The summed E-state index contributed by atoms with van der Waals surface area (Å²) >= 11 is 0. The molecule has 1 N–H and O–H groups in total. The Balaban J connectivity index is 1.65. The Hall–Kier alpha value is -3.67. The molecule has 4 rings (SSSR count). The number of para-hydroxylation sites is 1. The molecule has 0 saturated heterocycles. The van der Waals surface area contributed by atoms with Crippen molar-refractivity contribution in [3.8, 4) is 0 Å². The van der Waals surface area contributed by atoms with Gasteiger partial charge in [0, 0.05) is 35.6 Å². The van der Waals surface area contributed by atoms with Crippen molar-refractivity contribution in [1.82, 2.24) is 4.98 Å². The Morgan fingerprint density at radius 2 is 1.83 bits per heavy atom. The van der Waals surface area contributed by atoms with Crippen molar-refractivity contribution in [1.29, 1.82) is 0 Å². The van der Waals surface area contributed by atoms with E-state index in [0.29, 0.717) is 16.7 Å². The van der Waals surface area contributed by atoms with E-state index < -0.39 is 11.5 Å². The molecule has 146 valence electrons. The molecule has 0 bridgehead atoms. The Kier molecular flexibility index (Phi) is 4.99. The second-order valence-electron chi connectivity index (χ2n) is 6.71. The van der Waals surface area contributed by atoms with Crippen LogP contribution in [-0.2, 0) is 0 Å². The van der Waals surface area contributed by atoms with Gasteiger partial charge in [-0.3, -0.25) is 9.78 Å². The molecule has 6 heteroatoms. The molecule has 29 heavy (non-hydrogen) atoms. The van der Waals surface area contributed by atoms with Crippen molar-refractivity contribution < 1.29 is 9.21 Å². The van der Waals surface area contributed by atoms with E-state index in [0.717, 1.165) is 29.7 Å². The van der Waals surface area contributed by atoms with Gasteiger partial charge in [0.2, 0.25) is 0 Å². The van der Waals surface area contributed by atoms with E-state index in [2.05, 4.69) is 29.0 Å². The number of fused-ring (bicyclic) bond motifs is 2. The summed E-state index contributed by atoms with van der Waals surface area (Å²) < 4.78 is 5.44. The molecule has 0 spiro atoms. The maximum Gasteiger partial charge on any atom is 0.349 e. The molecule has 1 amide bonds. The summed E-state index contributed by atoms with van der Waals surface area (Å²) in [5.41, 5.74) is 2.08. The zero-order chi connectivity index (χ0) is 20.4. The van der Waals surface area contributed by atoms with Gasteiger partial charge in [0.25, 0.3) is 5.91 Å². The molecule has 0 aliphatic carbocycles. The molecule has 2 heterocycles. The van der Waals surface area contributed by atoms with E-state index >= 15 is 0 Å². The Bertz CT molecular complexity index is 1260. The lowest BCUT2D eigenvalue weighted by Gasteiger charge is -2.21. The van der Waals surface area contributed by atoms with E-state index in [9.17, 15) is 9.59 Å². The number of aromatic nitrogens is 1. The third-order valence-electron chi connectivity index (χ3n) is 4.94. The smallest absolute Gasteiger partial charge is 0.349 e. The average molecular weight is 387 g/mol. The Morgan fingerprint density at radius 3 is 2.62 bits per heavy atom. The number of benzene rings is 2. The molecule has 2 aromatic carbocycles. The maximum atomic E-state index is 12.7. The van der Waals surface area contributed by atoms with Crippen LogP contribution in [0.2, 0.25) is 0 Å². The topological polar surface area (TPSA) is 75.4 Å². The first-order chi connectivity index (χ1) is 14.1. The van der Waals surface area contributed by atoms with E-state index in [1.165, 1.54) is 0 Å². The van der Waals surface area contributed by atoms with E-state index in [1.807, 2.05) is 48.5 Å². The highest BCUT2D eigenvalue weighted by Gasteiger charge is 2.15. The van der Waals surface area contributed by atoms with E-state index in [-0.39, 0.29) is 5.56 Å². The van der Waals surface area contributed by atoms with Crippen LogP contribution >= 0.6 is 0 Å². The molecule has 6 nitrogen and oxygen atoms in total. The molecular formula is C23H21N3O3. The summed E-state index contributed by atoms with van der Waals surface area (Å²) in [7, 11) is 0. The number of carbonyl (C=O) groups is 1. The summed E-state index contributed by atoms with van der Waals surface area (Å²) in [5, 5.41) is 4.33. The van der Waals surface area contributed by atoms with Crippen molar-refractivity contribution in [2.45, 2.75) is 13.8 Å². The number of anilines is 2. The standard InChI is InChI=1S/C23H21N3O3/c1-3-26(4-2)18-10-9-16-12-19(23(28)29-21(16)13-18)22(27)25-17-11-15-7-5-6-8-20(15)24-14-17/h5-14H,3-4H2,1-2H3,(H,25,27). The predicted octanol–water partition coefficient (Wildman–Crippen LogP) is 4.44. The van der Waals surface area contributed by atoms with Crippen LogP contribution in [0.3, 0.4) is 0 Å². The summed E-state index contributed by atoms with van der Waals surface area (Å²) in [5.74, 6) is -0.523. The van der Waals surface area contributed by atoms with Gasteiger partial charge < -0.3 is 14.6 Å². The molecule has 0 atom stereocenters. The van der Waals surface area contributed by atoms with Gasteiger partial charge >= 0.3 is 5.63 Å².